The number of hydrogen-bond donors (Lipinski definition) is 1. The standard InChI is InChI=1S/C17H24O4/c1-5-14-11(4)16(19)21-17(20-14)15(18)13-8-6-12(7-9-13)10(2)3/h6-11,14,16-17,19H,5H2,1-4H3. The van der Waals surface area contributed by atoms with Crippen LogP contribution in [-0.4, -0.2) is 29.6 Å². The molecule has 0 aliphatic carbocycles. The van der Waals surface area contributed by atoms with E-state index in [9.17, 15) is 9.90 Å². The zero-order valence-electron chi connectivity index (χ0n) is 13.1. The number of rotatable bonds is 4. The molecule has 0 amide bonds. The zero-order valence-corrected chi connectivity index (χ0v) is 13.1. The monoisotopic (exact) mass is 292 g/mol. The summed E-state index contributed by atoms with van der Waals surface area (Å²) in [5, 5.41) is 9.91. The molecule has 1 aromatic carbocycles. The van der Waals surface area contributed by atoms with Gasteiger partial charge in [0.05, 0.1) is 6.10 Å². The van der Waals surface area contributed by atoms with E-state index in [1.807, 2.05) is 26.0 Å². The molecular formula is C17H24O4. The van der Waals surface area contributed by atoms with Gasteiger partial charge in [0.15, 0.2) is 6.29 Å². The van der Waals surface area contributed by atoms with Crippen LogP contribution in [0.2, 0.25) is 0 Å². The van der Waals surface area contributed by atoms with Crippen LogP contribution in [0.1, 0.15) is 56.0 Å². The minimum absolute atomic E-state index is 0.137. The summed E-state index contributed by atoms with van der Waals surface area (Å²) < 4.78 is 11.0. The Kier molecular flexibility index (Phi) is 5.14. The summed E-state index contributed by atoms with van der Waals surface area (Å²) in [5.74, 6) is 0.0422. The predicted molar refractivity (Wildman–Crippen MR) is 80.1 cm³/mol. The van der Waals surface area contributed by atoms with Crippen LogP contribution in [0.3, 0.4) is 0 Å². The summed E-state index contributed by atoms with van der Waals surface area (Å²) in [4.78, 5) is 12.4. The van der Waals surface area contributed by atoms with Gasteiger partial charge in [0, 0.05) is 11.5 Å². The molecule has 1 aliphatic rings. The number of ether oxygens (including phenoxy) is 2. The van der Waals surface area contributed by atoms with E-state index in [0.717, 1.165) is 6.42 Å². The van der Waals surface area contributed by atoms with Crippen molar-refractivity contribution < 1.29 is 19.4 Å². The Morgan fingerprint density at radius 1 is 1.24 bits per heavy atom. The fourth-order valence-corrected chi connectivity index (χ4v) is 2.51. The molecule has 4 nitrogen and oxygen atoms in total. The van der Waals surface area contributed by atoms with Crippen molar-refractivity contribution in [2.75, 3.05) is 0 Å². The molecular weight excluding hydrogens is 268 g/mol. The Hall–Kier alpha value is -1.23. The molecule has 21 heavy (non-hydrogen) atoms. The quantitative estimate of drug-likeness (QED) is 0.866. The van der Waals surface area contributed by atoms with Crippen LogP contribution in [0.5, 0.6) is 0 Å². The van der Waals surface area contributed by atoms with Gasteiger partial charge in [-0.15, -0.1) is 0 Å². The number of aliphatic hydroxyl groups excluding tert-OH is 1. The fraction of sp³-hybridized carbons (Fsp3) is 0.588. The summed E-state index contributed by atoms with van der Waals surface area (Å²) in [7, 11) is 0. The van der Waals surface area contributed by atoms with Crippen LogP contribution in [0.4, 0.5) is 0 Å². The highest BCUT2D eigenvalue weighted by molar-refractivity contribution is 5.98. The van der Waals surface area contributed by atoms with Crippen LogP contribution < -0.4 is 0 Å². The summed E-state index contributed by atoms with van der Waals surface area (Å²) in [6.45, 7) is 8.04. The van der Waals surface area contributed by atoms with E-state index in [0.29, 0.717) is 11.5 Å². The second-order valence-electron chi connectivity index (χ2n) is 5.94. The van der Waals surface area contributed by atoms with Crippen molar-refractivity contribution in [3.63, 3.8) is 0 Å². The van der Waals surface area contributed by atoms with Gasteiger partial charge in [-0.3, -0.25) is 4.79 Å². The Labute approximate surface area is 126 Å². The average Bonchev–Trinajstić information content (AvgIpc) is 2.49. The number of hydrogen-bond acceptors (Lipinski definition) is 4. The molecule has 1 aliphatic heterocycles. The largest absolute Gasteiger partial charge is 0.367 e. The lowest BCUT2D eigenvalue weighted by molar-refractivity contribution is -0.298. The third-order valence-electron chi connectivity index (χ3n) is 4.08. The lowest BCUT2D eigenvalue weighted by atomic mass is 9.98. The van der Waals surface area contributed by atoms with Crippen molar-refractivity contribution in [3.8, 4) is 0 Å². The Morgan fingerprint density at radius 2 is 1.86 bits per heavy atom. The molecule has 0 radical (unpaired) electrons. The van der Waals surface area contributed by atoms with Gasteiger partial charge in [0.1, 0.15) is 0 Å². The van der Waals surface area contributed by atoms with E-state index in [2.05, 4.69) is 13.8 Å². The molecule has 1 fully saturated rings. The maximum Gasteiger partial charge on any atom is 0.225 e. The zero-order chi connectivity index (χ0) is 15.6. The molecule has 0 saturated carbocycles. The molecule has 4 unspecified atom stereocenters. The topological polar surface area (TPSA) is 55.8 Å². The van der Waals surface area contributed by atoms with Gasteiger partial charge in [0.2, 0.25) is 12.1 Å². The minimum atomic E-state index is -1.02. The summed E-state index contributed by atoms with van der Waals surface area (Å²) in [6, 6.07) is 7.46. The molecule has 4 heteroatoms. The summed E-state index contributed by atoms with van der Waals surface area (Å²) in [6.07, 6.45) is -1.42. The summed E-state index contributed by atoms with van der Waals surface area (Å²) in [5.41, 5.74) is 1.72. The van der Waals surface area contributed by atoms with Crippen LogP contribution >= 0.6 is 0 Å². The molecule has 0 spiro atoms. The Balaban J connectivity index is 2.12. The van der Waals surface area contributed by atoms with E-state index in [1.165, 1.54) is 5.56 Å². The second-order valence-corrected chi connectivity index (χ2v) is 5.94. The molecule has 4 atom stereocenters. The first-order valence-corrected chi connectivity index (χ1v) is 7.57. The van der Waals surface area contributed by atoms with Gasteiger partial charge in [-0.05, 0) is 17.9 Å². The molecule has 1 N–H and O–H groups in total. The SMILES string of the molecule is CCC1OC(C(=O)c2ccc(C(C)C)cc2)OC(O)C1C. The third kappa shape index (κ3) is 3.51. The normalized spacial score (nSPS) is 29.6. The first kappa shape index (κ1) is 16.1. The van der Waals surface area contributed by atoms with E-state index in [4.69, 9.17) is 9.47 Å². The maximum absolute atomic E-state index is 12.4. The lowest BCUT2D eigenvalue weighted by Gasteiger charge is -2.37. The first-order chi connectivity index (χ1) is 9.93. The van der Waals surface area contributed by atoms with Gasteiger partial charge >= 0.3 is 0 Å². The number of Topliss-reactive ketones (excluding diaryl/α,β-unsaturated/α-hetero) is 1. The molecule has 1 saturated heterocycles. The van der Waals surface area contributed by atoms with Crippen molar-refractivity contribution in [2.45, 2.75) is 58.7 Å². The number of carbonyl (C=O) groups excluding carboxylic acids is 1. The minimum Gasteiger partial charge on any atom is -0.367 e. The fourth-order valence-electron chi connectivity index (χ4n) is 2.51. The van der Waals surface area contributed by atoms with Gasteiger partial charge in [0.25, 0.3) is 0 Å². The maximum atomic E-state index is 12.4. The third-order valence-corrected chi connectivity index (χ3v) is 4.08. The first-order valence-electron chi connectivity index (χ1n) is 7.57. The highest BCUT2D eigenvalue weighted by atomic mass is 16.7. The number of carbonyl (C=O) groups is 1. The highest BCUT2D eigenvalue weighted by Gasteiger charge is 2.38. The molecule has 2 rings (SSSR count). The number of ketones is 1. The summed E-state index contributed by atoms with van der Waals surface area (Å²) >= 11 is 0. The van der Waals surface area contributed by atoms with Gasteiger partial charge < -0.3 is 14.6 Å². The Bertz CT molecular complexity index is 480. The predicted octanol–water partition coefficient (Wildman–Crippen LogP) is 3.10. The van der Waals surface area contributed by atoms with E-state index in [1.54, 1.807) is 12.1 Å². The van der Waals surface area contributed by atoms with Gasteiger partial charge in [-0.2, -0.15) is 0 Å². The average molecular weight is 292 g/mol. The smallest absolute Gasteiger partial charge is 0.225 e. The van der Waals surface area contributed by atoms with Crippen molar-refractivity contribution in [1.29, 1.82) is 0 Å². The molecule has 116 valence electrons. The van der Waals surface area contributed by atoms with Gasteiger partial charge in [-0.25, -0.2) is 0 Å². The van der Waals surface area contributed by atoms with Gasteiger partial charge in [-0.1, -0.05) is 52.0 Å². The second kappa shape index (κ2) is 6.69. The van der Waals surface area contributed by atoms with Crippen LogP contribution in [0.15, 0.2) is 24.3 Å². The van der Waals surface area contributed by atoms with Crippen molar-refractivity contribution in [2.24, 2.45) is 5.92 Å². The van der Waals surface area contributed by atoms with E-state index >= 15 is 0 Å². The van der Waals surface area contributed by atoms with Crippen molar-refractivity contribution in [1.82, 2.24) is 0 Å². The number of benzene rings is 1. The molecule has 1 aromatic rings. The number of aliphatic hydroxyl groups is 1. The Morgan fingerprint density at radius 3 is 2.38 bits per heavy atom. The molecule has 0 aromatic heterocycles. The van der Waals surface area contributed by atoms with Crippen molar-refractivity contribution in [3.05, 3.63) is 35.4 Å². The molecule has 1 heterocycles. The van der Waals surface area contributed by atoms with Crippen LogP contribution in [-0.2, 0) is 9.47 Å². The van der Waals surface area contributed by atoms with Crippen LogP contribution in [0.25, 0.3) is 0 Å². The van der Waals surface area contributed by atoms with E-state index < -0.39 is 12.6 Å². The van der Waals surface area contributed by atoms with Crippen LogP contribution in [0, 0.1) is 5.92 Å². The van der Waals surface area contributed by atoms with Crippen molar-refractivity contribution >= 4 is 5.78 Å². The lowest BCUT2D eigenvalue weighted by Crippen LogP contribution is -2.47. The highest BCUT2D eigenvalue weighted by Crippen LogP contribution is 2.27. The van der Waals surface area contributed by atoms with E-state index in [-0.39, 0.29) is 17.8 Å². The molecule has 0 bridgehead atoms.